The zero-order valence-corrected chi connectivity index (χ0v) is 17.9. The molecular formula is C21H23F3N6S. The van der Waals surface area contributed by atoms with Gasteiger partial charge < -0.3 is 4.90 Å². The highest BCUT2D eigenvalue weighted by molar-refractivity contribution is 7.71. The van der Waals surface area contributed by atoms with E-state index < -0.39 is 11.7 Å². The molecular weight excluding hydrogens is 425 g/mol. The number of alkyl halides is 3. The maximum atomic E-state index is 12.7. The van der Waals surface area contributed by atoms with E-state index in [0.29, 0.717) is 36.9 Å². The van der Waals surface area contributed by atoms with Crippen LogP contribution >= 0.6 is 12.2 Å². The molecule has 164 valence electrons. The summed E-state index contributed by atoms with van der Waals surface area (Å²) < 4.78 is 42.7. The number of piperazine rings is 1. The van der Waals surface area contributed by atoms with Crippen LogP contribution in [0.4, 0.5) is 19.0 Å². The number of hydrogen-bond donors (Lipinski definition) is 0. The standard InChI is InChI=1S/C21H23F3N6S/c1-16-26-30(20(31)29(16)14-17-5-3-2-4-6-17)15-27-9-11-28(12-10-27)19-8-7-18(13-25-19)21(22,23)24/h2-8,13H,9-12,14-15H2,1H3. The third-order valence-corrected chi connectivity index (χ3v) is 5.83. The van der Waals surface area contributed by atoms with Gasteiger partial charge in [-0.3, -0.25) is 9.47 Å². The highest BCUT2D eigenvalue weighted by Gasteiger charge is 2.31. The van der Waals surface area contributed by atoms with Crippen LogP contribution < -0.4 is 4.90 Å². The lowest BCUT2D eigenvalue weighted by Gasteiger charge is -2.35. The van der Waals surface area contributed by atoms with Crippen molar-refractivity contribution in [1.29, 1.82) is 0 Å². The Morgan fingerprint density at radius 3 is 2.32 bits per heavy atom. The average Bonchev–Trinajstić information content (AvgIpc) is 3.02. The van der Waals surface area contributed by atoms with Crippen LogP contribution in [0.25, 0.3) is 0 Å². The Balaban J connectivity index is 1.37. The molecule has 0 spiro atoms. The zero-order valence-electron chi connectivity index (χ0n) is 17.1. The number of nitrogens with zero attached hydrogens (tertiary/aromatic N) is 6. The molecule has 0 amide bonds. The molecule has 4 rings (SSSR count). The molecule has 0 aliphatic carbocycles. The Morgan fingerprint density at radius 2 is 1.71 bits per heavy atom. The molecule has 1 saturated heterocycles. The van der Waals surface area contributed by atoms with Crippen molar-refractivity contribution < 1.29 is 13.2 Å². The molecule has 0 unspecified atom stereocenters. The van der Waals surface area contributed by atoms with Gasteiger partial charge in [-0.25, -0.2) is 9.67 Å². The van der Waals surface area contributed by atoms with Gasteiger partial charge >= 0.3 is 6.18 Å². The first kappa shape index (κ1) is 21.5. The van der Waals surface area contributed by atoms with E-state index in [1.54, 1.807) is 0 Å². The van der Waals surface area contributed by atoms with Crippen LogP contribution in [0.1, 0.15) is 17.0 Å². The molecule has 10 heteroatoms. The summed E-state index contributed by atoms with van der Waals surface area (Å²) in [6.07, 6.45) is -3.48. The summed E-state index contributed by atoms with van der Waals surface area (Å²) in [7, 11) is 0. The second-order valence-electron chi connectivity index (χ2n) is 7.55. The summed E-state index contributed by atoms with van der Waals surface area (Å²) in [6, 6.07) is 12.6. The number of benzene rings is 1. The van der Waals surface area contributed by atoms with Crippen molar-refractivity contribution in [3.63, 3.8) is 0 Å². The van der Waals surface area contributed by atoms with Gasteiger partial charge in [-0.05, 0) is 36.8 Å². The molecule has 2 aromatic heterocycles. The first-order valence-electron chi connectivity index (χ1n) is 10.00. The predicted molar refractivity (Wildman–Crippen MR) is 114 cm³/mol. The molecule has 1 aromatic carbocycles. The summed E-state index contributed by atoms with van der Waals surface area (Å²) in [5.74, 6) is 1.42. The minimum Gasteiger partial charge on any atom is -0.354 e. The fourth-order valence-electron chi connectivity index (χ4n) is 3.64. The fourth-order valence-corrected chi connectivity index (χ4v) is 3.93. The number of aromatic nitrogens is 4. The lowest BCUT2D eigenvalue weighted by atomic mass is 10.2. The van der Waals surface area contributed by atoms with Crippen LogP contribution in [0.3, 0.4) is 0 Å². The van der Waals surface area contributed by atoms with Gasteiger partial charge in [0.25, 0.3) is 0 Å². The van der Waals surface area contributed by atoms with Gasteiger partial charge in [0.2, 0.25) is 0 Å². The molecule has 0 radical (unpaired) electrons. The van der Waals surface area contributed by atoms with E-state index >= 15 is 0 Å². The van der Waals surface area contributed by atoms with E-state index in [4.69, 9.17) is 12.2 Å². The summed E-state index contributed by atoms with van der Waals surface area (Å²) in [5.41, 5.74) is 0.435. The van der Waals surface area contributed by atoms with Crippen molar-refractivity contribution in [3.8, 4) is 0 Å². The molecule has 0 N–H and O–H groups in total. The monoisotopic (exact) mass is 448 g/mol. The molecule has 1 fully saturated rings. The van der Waals surface area contributed by atoms with Crippen molar-refractivity contribution in [3.05, 3.63) is 70.4 Å². The van der Waals surface area contributed by atoms with E-state index in [0.717, 1.165) is 31.2 Å². The Labute approximate surface area is 183 Å². The van der Waals surface area contributed by atoms with Crippen LogP contribution in [0.2, 0.25) is 0 Å². The SMILES string of the molecule is Cc1nn(CN2CCN(c3ccc(C(F)(F)F)cn3)CC2)c(=S)n1Cc1ccccc1. The van der Waals surface area contributed by atoms with Gasteiger partial charge in [0, 0.05) is 32.4 Å². The Kier molecular flexibility index (Phi) is 6.10. The summed E-state index contributed by atoms with van der Waals surface area (Å²) in [4.78, 5) is 8.22. The van der Waals surface area contributed by atoms with Gasteiger partial charge in [-0.15, -0.1) is 0 Å². The molecule has 0 bridgehead atoms. The quantitative estimate of drug-likeness (QED) is 0.553. The topological polar surface area (TPSA) is 42.1 Å². The third-order valence-electron chi connectivity index (χ3n) is 5.40. The van der Waals surface area contributed by atoms with Crippen LogP contribution in [0, 0.1) is 11.7 Å². The largest absolute Gasteiger partial charge is 0.417 e. The molecule has 0 saturated carbocycles. The second kappa shape index (κ2) is 8.80. The van der Waals surface area contributed by atoms with E-state index in [-0.39, 0.29) is 0 Å². The number of aryl methyl sites for hydroxylation is 1. The maximum absolute atomic E-state index is 12.7. The normalized spacial score (nSPS) is 15.4. The highest BCUT2D eigenvalue weighted by atomic mass is 32.1. The molecule has 1 aliphatic heterocycles. The third kappa shape index (κ3) is 4.96. The number of halogens is 3. The number of rotatable bonds is 5. The molecule has 1 aliphatic rings. The first-order chi connectivity index (χ1) is 14.8. The number of anilines is 1. The number of hydrogen-bond acceptors (Lipinski definition) is 5. The number of pyridine rings is 1. The van der Waals surface area contributed by atoms with E-state index in [2.05, 4.69) is 27.1 Å². The Hall–Kier alpha value is -2.72. The fraction of sp³-hybridized carbons (Fsp3) is 0.381. The van der Waals surface area contributed by atoms with Gasteiger partial charge in [-0.2, -0.15) is 18.3 Å². The summed E-state index contributed by atoms with van der Waals surface area (Å²) in [6.45, 7) is 6.05. The van der Waals surface area contributed by atoms with Crippen LogP contribution in [-0.2, 0) is 19.4 Å². The summed E-state index contributed by atoms with van der Waals surface area (Å²) in [5, 5.41) is 4.61. The Bertz CT molecular complexity index is 1070. The molecule has 3 aromatic rings. The van der Waals surface area contributed by atoms with Crippen LogP contribution in [0.5, 0.6) is 0 Å². The van der Waals surface area contributed by atoms with E-state index in [9.17, 15) is 13.2 Å². The molecule has 3 heterocycles. The van der Waals surface area contributed by atoms with Crippen LogP contribution in [-0.4, -0.2) is 50.4 Å². The van der Waals surface area contributed by atoms with Crippen molar-refractivity contribution in [1.82, 2.24) is 24.2 Å². The first-order valence-corrected chi connectivity index (χ1v) is 10.4. The van der Waals surface area contributed by atoms with E-state index in [1.165, 1.54) is 11.6 Å². The van der Waals surface area contributed by atoms with E-state index in [1.807, 2.05) is 39.3 Å². The van der Waals surface area contributed by atoms with Gasteiger partial charge in [-0.1, -0.05) is 30.3 Å². The van der Waals surface area contributed by atoms with Gasteiger partial charge in [0.15, 0.2) is 4.77 Å². The lowest BCUT2D eigenvalue weighted by molar-refractivity contribution is -0.137. The lowest BCUT2D eigenvalue weighted by Crippen LogP contribution is -2.47. The smallest absolute Gasteiger partial charge is 0.354 e. The predicted octanol–water partition coefficient (Wildman–Crippen LogP) is 3.96. The van der Waals surface area contributed by atoms with Gasteiger partial charge in [0.1, 0.15) is 11.6 Å². The average molecular weight is 449 g/mol. The van der Waals surface area contributed by atoms with Crippen LogP contribution in [0.15, 0.2) is 48.7 Å². The summed E-state index contributed by atoms with van der Waals surface area (Å²) >= 11 is 5.65. The molecule has 6 nitrogen and oxygen atoms in total. The maximum Gasteiger partial charge on any atom is 0.417 e. The van der Waals surface area contributed by atoms with Crippen molar-refractivity contribution in [2.45, 2.75) is 26.3 Å². The van der Waals surface area contributed by atoms with Crippen molar-refractivity contribution >= 4 is 18.0 Å². The highest BCUT2D eigenvalue weighted by Crippen LogP contribution is 2.29. The van der Waals surface area contributed by atoms with Crippen molar-refractivity contribution in [2.24, 2.45) is 0 Å². The minimum absolute atomic E-state index is 0.562. The second-order valence-corrected chi connectivity index (χ2v) is 7.92. The molecule has 31 heavy (non-hydrogen) atoms. The Morgan fingerprint density at radius 1 is 1.00 bits per heavy atom. The van der Waals surface area contributed by atoms with Gasteiger partial charge in [0.05, 0.1) is 18.8 Å². The molecule has 0 atom stereocenters. The van der Waals surface area contributed by atoms with Crippen molar-refractivity contribution in [2.75, 3.05) is 31.1 Å². The minimum atomic E-state index is -4.37. The zero-order chi connectivity index (χ0) is 22.0.